The maximum atomic E-state index is 10.4. The lowest BCUT2D eigenvalue weighted by atomic mass is 10.1. The van der Waals surface area contributed by atoms with E-state index < -0.39 is 11.0 Å². The quantitative estimate of drug-likeness (QED) is 0.363. The summed E-state index contributed by atoms with van der Waals surface area (Å²) in [5, 5.41) is 19.2. The van der Waals surface area contributed by atoms with E-state index in [4.69, 9.17) is 16.6 Å². The third-order valence-electron chi connectivity index (χ3n) is 1.88. The van der Waals surface area contributed by atoms with Crippen LogP contribution in [0.15, 0.2) is 18.2 Å². The van der Waals surface area contributed by atoms with Crippen LogP contribution in [-0.2, 0) is 0 Å². The van der Waals surface area contributed by atoms with Crippen LogP contribution in [0, 0.1) is 10.1 Å². The van der Waals surface area contributed by atoms with E-state index in [1.165, 1.54) is 18.2 Å². The molecule has 76 valence electrons. The molecule has 0 bridgehead atoms. The largest absolute Gasteiger partial charge is 0.398 e. The number of hydrogen-bond acceptors (Lipinski definition) is 5. The molecular formula is C8H11N3O3. The molecule has 6 heteroatoms. The van der Waals surface area contributed by atoms with E-state index in [9.17, 15) is 10.1 Å². The molecule has 0 aliphatic heterocycles. The number of nitrogens with zero attached hydrogens (tertiary/aromatic N) is 1. The SMILES string of the molecule is Nc1ccc([N+](=O)[O-])cc1[C@@H](N)CO. The van der Waals surface area contributed by atoms with Crippen molar-refractivity contribution in [3.63, 3.8) is 0 Å². The predicted octanol–water partition coefficient (Wildman–Crippen LogP) is 0.169. The summed E-state index contributed by atoms with van der Waals surface area (Å²) in [5.41, 5.74) is 11.7. The Bertz CT molecular complexity index is 354. The molecule has 1 aromatic carbocycles. The molecular weight excluding hydrogens is 186 g/mol. The maximum Gasteiger partial charge on any atom is 0.269 e. The smallest absolute Gasteiger partial charge is 0.269 e. The van der Waals surface area contributed by atoms with E-state index in [1.54, 1.807) is 0 Å². The molecule has 1 atom stereocenters. The van der Waals surface area contributed by atoms with E-state index >= 15 is 0 Å². The van der Waals surface area contributed by atoms with Crippen LogP contribution >= 0.6 is 0 Å². The fourth-order valence-electron chi connectivity index (χ4n) is 1.10. The number of aliphatic hydroxyl groups excluding tert-OH is 1. The average molecular weight is 197 g/mol. The maximum absolute atomic E-state index is 10.4. The molecule has 0 aromatic heterocycles. The van der Waals surface area contributed by atoms with Gasteiger partial charge < -0.3 is 16.6 Å². The van der Waals surface area contributed by atoms with Gasteiger partial charge in [0.05, 0.1) is 17.6 Å². The van der Waals surface area contributed by atoms with Gasteiger partial charge in [0.25, 0.3) is 5.69 Å². The third kappa shape index (κ3) is 1.98. The van der Waals surface area contributed by atoms with Crippen molar-refractivity contribution in [3.05, 3.63) is 33.9 Å². The average Bonchev–Trinajstić information content (AvgIpc) is 2.17. The van der Waals surface area contributed by atoms with Gasteiger partial charge in [-0.05, 0) is 6.07 Å². The number of aliphatic hydroxyl groups is 1. The van der Waals surface area contributed by atoms with Crippen LogP contribution in [0.1, 0.15) is 11.6 Å². The number of non-ortho nitro benzene ring substituents is 1. The van der Waals surface area contributed by atoms with Crippen LogP contribution in [0.4, 0.5) is 11.4 Å². The van der Waals surface area contributed by atoms with Crippen LogP contribution in [0.25, 0.3) is 0 Å². The highest BCUT2D eigenvalue weighted by atomic mass is 16.6. The summed E-state index contributed by atoms with van der Waals surface area (Å²) < 4.78 is 0. The van der Waals surface area contributed by atoms with Gasteiger partial charge >= 0.3 is 0 Å². The molecule has 0 heterocycles. The molecule has 6 nitrogen and oxygen atoms in total. The Hall–Kier alpha value is -1.66. The highest BCUT2D eigenvalue weighted by molar-refractivity contribution is 5.54. The number of nitro benzene ring substituents is 1. The number of anilines is 1. The fourth-order valence-corrected chi connectivity index (χ4v) is 1.10. The van der Waals surface area contributed by atoms with E-state index in [1.807, 2.05) is 0 Å². The van der Waals surface area contributed by atoms with Crippen molar-refractivity contribution in [2.45, 2.75) is 6.04 Å². The molecule has 5 N–H and O–H groups in total. The number of hydrogen-bond donors (Lipinski definition) is 3. The summed E-state index contributed by atoms with van der Waals surface area (Å²) in [6.45, 7) is -0.300. The molecule has 14 heavy (non-hydrogen) atoms. The van der Waals surface area contributed by atoms with Crippen LogP contribution in [-0.4, -0.2) is 16.6 Å². The first-order valence-electron chi connectivity index (χ1n) is 3.96. The summed E-state index contributed by atoms with van der Waals surface area (Å²) in [5.74, 6) is 0. The van der Waals surface area contributed by atoms with Crippen LogP contribution < -0.4 is 11.5 Å². The second-order valence-electron chi connectivity index (χ2n) is 2.86. The first kappa shape index (κ1) is 10.4. The van der Waals surface area contributed by atoms with Crippen molar-refractivity contribution >= 4 is 11.4 Å². The molecule has 0 fully saturated rings. The Morgan fingerprint density at radius 3 is 2.71 bits per heavy atom. The van der Waals surface area contributed by atoms with Crippen LogP contribution in [0.2, 0.25) is 0 Å². The van der Waals surface area contributed by atoms with E-state index in [-0.39, 0.29) is 12.3 Å². The Balaban J connectivity index is 3.14. The van der Waals surface area contributed by atoms with Crippen molar-refractivity contribution in [2.24, 2.45) is 5.73 Å². The van der Waals surface area contributed by atoms with Crippen molar-refractivity contribution in [3.8, 4) is 0 Å². The van der Waals surface area contributed by atoms with E-state index in [0.717, 1.165) is 0 Å². The van der Waals surface area contributed by atoms with Gasteiger partial charge in [0.1, 0.15) is 0 Å². The minimum Gasteiger partial charge on any atom is -0.398 e. The molecule has 1 aromatic rings. The number of nitrogen functional groups attached to an aromatic ring is 1. The molecule has 0 spiro atoms. The van der Waals surface area contributed by atoms with Gasteiger partial charge in [-0.3, -0.25) is 10.1 Å². The molecule has 0 aliphatic rings. The Labute approximate surface area is 80.3 Å². The lowest BCUT2D eigenvalue weighted by molar-refractivity contribution is -0.384. The standard InChI is InChI=1S/C8H11N3O3/c9-7-2-1-5(11(13)14)3-6(7)8(10)4-12/h1-3,8,12H,4,9-10H2/t8-/m0/s1. The van der Waals surface area contributed by atoms with E-state index in [2.05, 4.69) is 0 Å². The van der Waals surface area contributed by atoms with Crippen LogP contribution in [0.5, 0.6) is 0 Å². The summed E-state index contributed by atoms with van der Waals surface area (Å²) >= 11 is 0. The highest BCUT2D eigenvalue weighted by Gasteiger charge is 2.13. The number of benzene rings is 1. The first-order chi connectivity index (χ1) is 6.56. The predicted molar refractivity (Wildman–Crippen MR) is 51.5 cm³/mol. The Kier molecular flexibility index (Phi) is 3.00. The molecule has 0 saturated heterocycles. The second-order valence-corrected chi connectivity index (χ2v) is 2.86. The van der Waals surface area contributed by atoms with Crippen molar-refractivity contribution < 1.29 is 10.0 Å². The summed E-state index contributed by atoms with van der Waals surface area (Å²) in [4.78, 5) is 9.90. The third-order valence-corrected chi connectivity index (χ3v) is 1.88. The number of nitro groups is 1. The van der Waals surface area contributed by atoms with Crippen LogP contribution in [0.3, 0.4) is 0 Å². The first-order valence-corrected chi connectivity index (χ1v) is 3.96. The lowest BCUT2D eigenvalue weighted by Gasteiger charge is -2.10. The van der Waals surface area contributed by atoms with Gasteiger partial charge in [0.2, 0.25) is 0 Å². The zero-order valence-corrected chi connectivity index (χ0v) is 7.38. The van der Waals surface area contributed by atoms with Crippen molar-refractivity contribution in [1.29, 1.82) is 0 Å². The molecule has 0 radical (unpaired) electrons. The molecule has 0 amide bonds. The van der Waals surface area contributed by atoms with Gasteiger partial charge in [-0.15, -0.1) is 0 Å². The molecule has 0 aliphatic carbocycles. The summed E-state index contributed by atoms with van der Waals surface area (Å²) in [6, 6.07) is 3.29. The zero-order chi connectivity index (χ0) is 10.7. The number of nitrogens with two attached hydrogens (primary N) is 2. The van der Waals surface area contributed by atoms with E-state index in [0.29, 0.717) is 11.3 Å². The van der Waals surface area contributed by atoms with Gasteiger partial charge in [0, 0.05) is 23.4 Å². The number of rotatable bonds is 3. The van der Waals surface area contributed by atoms with Crippen molar-refractivity contribution in [1.82, 2.24) is 0 Å². The second kappa shape index (κ2) is 4.03. The molecule has 0 saturated carbocycles. The molecule has 0 unspecified atom stereocenters. The monoisotopic (exact) mass is 197 g/mol. The topological polar surface area (TPSA) is 115 Å². The minimum atomic E-state index is -0.685. The summed E-state index contributed by atoms with van der Waals surface area (Å²) in [6.07, 6.45) is 0. The zero-order valence-electron chi connectivity index (χ0n) is 7.38. The Morgan fingerprint density at radius 1 is 1.57 bits per heavy atom. The normalized spacial score (nSPS) is 12.4. The van der Waals surface area contributed by atoms with Gasteiger partial charge in [-0.2, -0.15) is 0 Å². The lowest BCUT2D eigenvalue weighted by Crippen LogP contribution is -2.16. The fraction of sp³-hybridized carbons (Fsp3) is 0.250. The molecule has 1 rings (SSSR count). The highest BCUT2D eigenvalue weighted by Crippen LogP contribution is 2.23. The van der Waals surface area contributed by atoms with Crippen molar-refractivity contribution in [2.75, 3.05) is 12.3 Å². The van der Waals surface area contributed by atoms with Gasteiger partial charge in [0.15, 0.2) is 0 Å². The Morgan fingerprint density at radius 2 is 2.21 bits per heavy atom. The summed E-state index contributed by atoms with van der Waals surface area (Å²) in [7, 11) is 0. The van der Waals surface area contributed by atoms with Gasteiger partial charge in [-0.1, -0.05) is 0 Å². The minimum absolute atomic E-state index is 0.0851. The van der Waals surface area contributed by atoms with Gasteiger partial charge in [-0.25, -0.2) is 0 Å².